The van der Waals surface area contributed by atoms with Gasteiger partial charge in [0.15, 0.2) is 5.65 Å². The summed E-state index contributed by atoms with van der Waals surface area (Å²) in [6.07, 6.45) is 0. The molecule has 0 saturated carbocycles. The summed E-state index contributed by atoms with van der Waals surface area (Å²) in [4.78, 5) is 11.3. The number of imidazole rings is 1. The highest BCUT2D eigenvalue weighted by Crippen LogP contribution is 2.27. The number of methoxy groups -OCH3 is 1. The topological polar surface area (TPSA) is 53.7 Å². The number of hydrogen-bond acceptors (Lipinski definition) is 2. The van der Waals surface area contributed by atoms with E-state index < -0.39 is 0 Å². The standard InChI is InChI=1S/C16H13N3O/c1-20-11-8-6-10(7-9-11)15-18-14-12-4-2-3-5-13(12)17-16(14)19-15/h2-9,17H,1H3,(H,18,19). The van der Waals surface area contributed by atoms with Gasteiger partial charge >= 0.3 is 0 Å². The number of ether oxygens (including phenoxy) is 1. The molecule has 0 radical (unpaired) electrons. The first-order chi connectivity index (χ1) is 9.85. The molecule has 0 amide bonds. The summed E-state index contributed by atoms with van der Waals surface area (Å²) in [7, 11) is 1.66. The Morgan fingerprint density at radius 2 is 1.75 bits per heavy atom. The third-order valence-electron chi connectivity index (χ3n) is 3.52. The van der Waals surface area contributed by atoms with E-state index in [9.17, 15) is 0 Å². The predicted octanol–water partition coefficient (Wildman–Crippen LogP) is 3.72. The van der Waals surface area contributed by atoms with Crippen molar-refractivity contribution in [3.05, 3.63) is 48.5 Å². The van der Waals surface area contributed by atoms with E-state index in [0.29, 0.717) is 0 Å². The van der Waals surface area contributed by atoms with Crippen LogP contribution < -0.4 is 4.74 Å². The van der Waals surface area contributed by atoms with E-state index in [1.165, 1.54) is 0 Å². The minimum absolute atomic E-state index is 0.844. The van der Waals surface area contributed by atoms with Crippen molar-refractivity contribution in [2.45, 2.75) is 0 Å². The van der Waals surface area contributed by atoms with Crippen LogP contribution in [0, 0.1) is 0 Å². The summed E-state index contributed by atoms with van der Waals surface area (Å²) in [5.74, 6) is 1.70. The number of fused-ring (bicyclic) bond motifs is 3. The van der Waals surface area contributed by atoms with Gasteiger partial charge in [-0.25, -0.2) is 4.98 Å². The summed E-state index contributed by atoms with van der Waals surface area (Å²) in [6, 6.07) is 16.1. The zero-order valence-electron chi connectivity index (χ0n) is 11.0. The van der Waals surface area contributed by atoms with Gasteiger partial charge in [0.2, 0.25) is 0 Å². The summed E-state index contributed by atoms with van der Waals surface area (Å²) >= 11 is 0. The highest BCUT2D eigenvalue weighted by molar-refractivity contribution is 6.04. The molecule has 0 unspecified atom stereocenters. The van der Waals surface area contributed by atoms with Gasteiger partial charge in [-0.3, -0.25) is 0 Å². The van der Waals surface area contributed by atoms with Gasteiger partial charge in [0.1, 0.15) is 11.6 Å². The van der Waals surface area contributed by atoms with Crippen molar-refractivity contribution in [3.8, 4) is 17.1 Å². The number of para-hydroxylation sites is 1. The van der Waals surface area contributed by atoms with Crippen LogP contribution in [0.2, 0.25) is 0 Å². The van der Waals surface area contributed by atoms with Crippen LogP contribution in [-0.2, 0) is 0 Å². The number of rotatable bonds is 2. The molecular formula is C16H13N3O. The molecule has 2 aromatic carbocycles. The first-order valence-electron chi connectivity index (χ1n) is 6.46. The van der Waals surface area contributed by atoms with E-state index in [1.54, 1.807) is 7.11 Å². The van der Waals surface area contributed by atoms with E-state index in [2.05, 4.69) is 27.1 Å². The molecule has 4 heteroatoms. The van der Waals surface area contributed by atoms with Gasteiger partial charge in [-0.05, 0) is 30.3 Å². The molecule has 20 heavy (non-hydrogen) atoms. The number of benzene rings is 2. The third-order valence-corrected chi connectivity index (χ3v) is 3.52. The van der Waals surface area contributed by atoms with Gasteiger partial charge < -0.3 is 14.7 Å². The Bertz CT molecular complexity index is 887. The molecular weight excluding hydrogens is 250 g/mol. The second-order valence-electron chi connectivity index (χ2n) is 4.71. The van der Waals surface area contributed by atoms with E-state index in [4.69, 9.17) is 4.74 Å². The third kappa shape index (κ3) is 1.58. The average molecular weight is 263 g/mol. The number of nitrogens with one attached hydrogen (secondary N) is 2. The van der Waals surface area contributed by atoms with E-state index in [1.807, 2.05) is 36.4 Å². The molecule has 2 aromatic heterocycles. The average Bonchev–Trinajstić information content (AvgIpc) is 3.05. The van der Waals surface area contributed by atoms with Gasteiger partial charge in [-0.1, -0.05) is 18.2 Å². The van der Waals surface area contributed by atoms with Crippen LogP contribution in [0.4, 0.5) is 0 Å². The smallest absolute Gasteiger partial charge is 0.157 e. The van der Waals surface area contributed by atoms with Crippen LogP contribution in [0.1, 0.15) is 0 Å². The van der Waals surface area contributed by atoms with Gasteiger partial charge in [-0.15, -0.1) is 0 Å². The lowest BCUT2D eigenvalue weighted by molar-refractivity contribution is 0.415. The largest absolute Gasteiger partial charge is 0.497 e. The monoisotopic (exact) mass is 263 g/mol. The fourth-order valence-corrected chi connectivity index (χ4v) is 2.48. The molecule has 2 heterocycles. The maximum absolute atomic E-state index is 5.17. The molecule has 0 aliphatic rings. The first-order valence-corrected chi connectivity index (χ1v) is 6.46. The maximum atomic E-state index is 5.17. The fourth-order valence-electron chi connectivity index (χ4n) is 2.48. The molecule has 0 bridgehead atoms. The molecule has 0 spiro atoms. The van der Waals surface area contributed by atoms with Gasteiger partial charge in [-0.2, -0.15) is 0 Å². The minimum Gasteiger partial charge on any atom is -0.497 e. The Kier molecular flexibility index (Phi) is 2.29. The van der Waals surface area contributed by atoms with Gasteiger partial charge in [0.25, 0.3) is 0 Å². The molecule has 4 aromatic rings. The van der Waals surface area contributed by atoms with Crippen molar-refractivity contribution in [1.82, 2.24) is 15.0 Å². The quantitative estimate of drug-likeness (QED) is 0.579. The van der Waals surface area contributed by atoms with Crippen molar-refractivity contribution < 1.29 is 4.74 Å². The van der Waals surface area contributed by atoms with Crippen LogP contribution in [-0.4, -0.2) is 22.1 Å². The Hall–Kier alpha value is -2.75. The molecule has 0 fully saturated rings. The summed E-state index contributed by atoms with van der Waals surface area (Å²) in [5.41, 5.74) is 4.07. The van der Waals surface area contributed by atoms with Gasteiger partial charge in [0.05, 0.1) is 12.6 Å². The molecule has 0 saturated heterocycles. The number of hydrogen-bond donors (Lipinski definition) is 2. The molecule has 0 atom stereocenters. The maximum Gasteiger partial charge on any atom is 0.157 e. The Morgan fingerprint density at radius 3 is 2.55 bits per heavy atom. The van der Waals surface area contributed by atoms with E-state index in [0.717, 1.165) is 39.2 Å². The summed E-state index contributed by atoms with van der Waals surface area (Å²) in [5, 5.41) is 1.16. The van der Waals surface area contributed by atoms with Crippen LogP contribution >= 0.6 is 0 Å². The Labute approximate surface area is 115 Å². The summed E-state index contributed by atoms with van der Waals surface area (Å²) < 4.78 is 5.17. The molecule has 2 N–H and O–H groups in total. The Balaban J connectivity index is 1.87. The Morgan fingerprint density at radius 1 is 0.950 bits per heavy atom. The molecule has 98 valence electrons. The lowest BCUT2D eigenvalue weighted by Crippen LogP contribution is -1.84. The zero-order chi connectivity index (χ0) is 13.5. The highest BCUT2D eigenvalue weighted by Gasteiger charge is 2.10. The molecule has 0 aliphatic carbocycles. The van der Waals surface area contributed by atoms with Crippen LogP contribution in [0.25, 0.3) is 33.5 Å². The lowest BCUT2D eigenvalue weighted by atomic mass is 10.2. The summed E-state index contributed by atoms with van der Waals surface area (Å²) in [6.45, 7) is 0. The SMILES string of the molecule is COc1ccc(-c2nc3[nH]c4ccccc4c3[nH]2)cc1. The normalized spacial score (nSPS) is 11.2. The van der Waals surface area contributed by atoms with Crippen molar-refractivity contribution in [2.75, 3.05) is 7.11 Å². The van der Waals surface area contributed by atoms with Crippen molar-refractivity contribution >= 4 is 22.1 Å². The number of H-pyrrole nitrogens is 2. The lowest BCUT2D eigenvalue weighted by Gasteiger charge is -2.00. The molecule has 0 aliphatic heterocycles. The number of aromatic amines is 2. The van der Waals surface area contributed by atoms with Crippen molar-refractivity contribution in [3.63, 3.8) is 0 Å². The van der Waals surface area contributed by atoms with Crippen LogP contribution in [0.15, 0.2) is 48.5 Å². The first kappa shape index (κ1) is 11.1. The van der Waals surface area contributed by atoms with E-state index >= 15 is 0 Å². The molecule has 4 rings (SSSR count). The second kappa shape index (κ2) is 4.13. The number of aromatic nitrogens is 3. The van der Waals surface area contributed by atoms with Crippen LogP contribution in [0.5, 0.6) is 5.75 Å². The second-order valence-corrected chi connectivity index (χ2v) is 4.71. The van der Waals surface area contributed by atoms with Gasteiger partial charge in [0, 0.05) is 16.5 Å². The molecule has 4 nitrogen and oxygen atoms in total. The zero-order valence-corrected chi connectivity index (χ0v) is 11.0. The number of nitrogens with zero attached hydrogens (tertiary/aromatic N) is 1. The van der Waals surface area contributed by atoms with E-state index in [-0.39, 0.29) is 0 Å². The van der Waals surface area contributed by atoms with Crippen molar-refractivity contribution in [1.29, 1.82) is 0 Å². The van der Waals surface area contributed by atoms with Crippen molar-refractivity contribution in [2.24, 2.45) is 0 Å². The highest BCUT2D eigenvalue weighted by atomic mass is 16.5. The minimum atomic E-state index is 0.844. The fraction of sp³-hybridized carbons (Fsp3) is 0.0625. The predicted molar refractivity (Wildman–Crippen MR) is 79.9 cm³/mol. The van der Waals surface area contributed by atoms with Crippen LogP contribution in [0.3, 0.4) is 0 Å².